The highest BCUT2D eigenvalue weighted by atomic mass is 19.1. The Morgan fingerprint density at radius 1 is 1.33 bits per heavy atom. The molecule has 1 aromatic heterocycles. The molecular formula is C17H20FN3O3. The molecule has 128 valence electrons. The van der Waals surface area contributed by atoms with Crippen molar-refractivity contribution in [3.63, 3.8) is 0 Å². The van der Waals surface area contributed by atoms with Gasteiger partial charge in [-0.2, -0.15) is 5.10 Å². The minimum Gasteiger partial charge on any atom is -0.464 e. The van der Waals surface area contributed by atoms with Gasteiger partial charge in [-0.1, -0.05) is 6.07 Å². The lowest BCUT2D eigenvalue weighted by atomic mass is 10.0. The van der Waals surface area contributed by atoms with Crippen LogP contribution in [0.5, 0.6) is 0 Å². The van der Waals surface area contributed by atoms with E-state index in [2.05, 4.69) is 5.10 Å². The zero-order valence-electron chi connectivity index (χ0n) is 14.1. The Morgan fingerprint density at radius 3 is 2.67 bits per heavy atom. The minimum atomic E-state index is -1.13. The summed E-state index contributed by atoms with van der Waals surface area (Å²) in [7, 11) is 1.51. The monoisotopic (exact) mass is 333 g/mol. The minimum absolute atomic E-state index is 0.152. The highest BCUT2D eigenvalue weighted by Crippen LogP contribution is 2.18. The number of amides is 1. The van der Waals surface area contributed by atoms with E-state index >= 15 is 0 Å². The van der Waals surface area contributed by atoms with Gasteiger partial charge in [0.2, 0.25) is 0 Å². The van der Waals surface area contributed by atoms with Crippen LogP contribution in [-0.2, 0) is 9.53 Å². The Hall–Kier alpha value is -2.70. The molecule has 0 bridgehead atoms. The summed E-state index contributed by atoms with van der Waals surface area (Å²) in [4.78, 5) is 25.9. The van der Waals surface area contributed by atoms with Gasteiger partial charge in [0.15, 0.2) is 5.69 Å². The van der Waals surface area contributed by atoms with Crippen LogP contribution in [-0.4, -0.2) is 45.8 Å². The number of hydrogen-bond acceptors (Lipinski definition) is 4. The van der Waals surface area contributed by atoms with Gasteiger partial charge in [-0.05, 0) is 45.0 Å². The van der Waals surface area contributed by atoms with Crippen LogP contribution < -0.4 is 0 Å². The number of benzene rings is 1. The highest BCUT2D eigenvalue weighted by Gasteiger charge is 2.37. The van der Waals surface area contributed by atoms with E-state index in [1.807, 2.05) is 0 Å². The van der Waals surface area contributed by atoms with E-state index in [4.69, 9.17) is 4.74 Å². The molecular weight excluding hydrogens is 313 g/mol. The summed E-state index contributed by atoms with van der Waals surface area (Å²) in [6.07, 6.45) is 1.56. The topological polar surface area (TPSA) is 64.4 Å². The summed E-state index contributed by atoms with van der Waals surface area (Å²) < 4.78 is 19.7. The van der Waals surface area contributed by atoms with Crippen LogP contribution in [0.4, 0.5) is 4.39 Å². The third-order valence-corrected chi connectivity index (χ3v) is 3.80. The molecule has 1 amide bonds. The highest BCUT2D eigenvalue weighted by molar-refractivity contribution is 5.96. The summed E-state index contributed by atoms with van der Waals surface area (Å²) in [5.41, 5.74) is -0.476. The van der Waals surface area contributed by atoms with Crippen LogP contribution in [0.3, 0.4) is 0 Å². The van der Waals surface area contributed by atoms with Crippen molar-refractivity contribution in [1.82, 2.24) is 14.7 Å². The van der Waals surface area contributed by atoms with Crippen molar-refractivity contribution in [1.29, 1.82) is 0 Å². The molecule has 0 saturated heterocycles. The molecule has 6 nitrogen and oxygen atoms in total. The predicted molar refractivity (Wildman–Crippen MR) is 86.3 cm³/mol. The maximum Gasteiger partial charge on any atom is 0.331 e. The summed E-state index contributed by atoms with van der Waals surface area (Å²) in [6, 6.07) is 7.40. The molecule has 0 spiro atoms. The number of carbonyl (C=O) groups is 2. The Morgan fingerprint density at radius 2 is 2.04 bits per heavy atom. The molecule has 24 heavy (non-hydrogen) atoms. The van der Waals surface area contributed by atoms with E-state index in [1.54, 1.807) is 39.1 Å². The fourth-order valence-corrected chi connectivity index (χ4v) is 2.07. The Bertz CT molecular complexity index is 755. The molecule has 0 aliphatic rings. The number of halogens is 1. The Balaban J connectivity index is 2.23. The second kappa shape index (κ2) is 6.82. The van der Waals surface area contributed by atoms with Crippen LogP contribution in [0.15, 0.2) is 36.5 Å². The van der Waals surface area contributed by atoms with Gasteiger partial charge in [-0.15, -0.1) is 0 Å². The SMILES string of the molecule is CCOC(=O)C(C)(C)N(C)C(=O)c1ccn(-c2cccc(F)c2)n1. The quantitative estimate of drug-likeness (QED) is 0.788. The van der Waals surface area contributed by atoms with E-state index in [0.29, 0.717) is 5.69 Å². The molecule has 1 heterocycles. The van der Waals surface area contributed by atoms with E-state index in [1.165, 1.54) is 34.8 Å². The van der Waals surface area contributed by atoms with Gasteiger partial charge in [0.1, 0.15) is 11.4 Å². The van der Waals surface area contributed by atoms with E-state index in [9.17, 15) is 14.0 Å². The van der Waals surface area contributed by atoms with Gasteiger partial charge < -0.3 is 9.64 Å². The number of ether oxygens (including phenoxy) is 1. The Kier molecular flexibility index (Phi) is 5.02. The molecule has 0 N–H and O–H groups in total. The van der Waals surface area contributed by atoms with Gasteiger partial charge in [0, 0.05) is 13.2 Å². The fourth-order valence-electron chi connectivity index (χ4n) is 2.07. The Labute approximate surface area is 139 Å². The molecule has 0 unspecified atom stereocenters. The molecule has 0 atom stereocenters. The summed E-state index contributed by atoms with van der Waals surface area (Å²) in [5.74, 6) is -1.31. The maximum absolute atomic E-state index is 13.3. The number of aromatic nitrogens is 2. The molecule has 0 radical (unpaired) electrons. The normalized spacial score (nSPS) is 11.2. The summed E-state index contributed by atoms with van der Waals surface area (Å²) >= 11 is 0. The first-order valence-corrected chi connectivity index (χ1v) is 7.54. The zero-order chi connectivity index (χ0) is 17.9. The van der Waals surface area contributed by atoms with Crippen LogP contribution in [0.25, 0.3) is 5.69 Å². The first kappa shape index (κ1) is 17.7. The van der Waals surface area contributed by atoms with Gasteiger partial charge >= 0.3 is 5.97 Å². The van der Waals surface area contributed by atoms with Crippen molar-refractivity contribution in [2.24, 2.45) is 0 Å². The largest absolute Gasteiger partial charge is 0.464 e. The number of carbonyl (C=O) groups excluding carboxylic acids is 2. The van der Waals surface area contributed by atoms with Crippen LogP contribution in [0.2, 0.25) is 0 Å². The van der Waals surface area contributed by atoms with Gasteiger partial charge in [-0.25, -0.2) is 13.9 Å². The van der Waals surface area contributed by atoms with Crippen LogP contribution in [0.1, 0.15) is 31.3 Å². The molecule has 7 heteroatoms. The third kappa shape index (κ3) is 3.45. The van der Waals surface area contributed by atoms with Gasteiger partial charge in [0.05, 0.1) is 12.3 Å². The van der Waals surface area contributed by atoms with Crippen LogP contribution >= 0.6 is 0 Å². The zero-order valence-corrected chi connectivity index (χ0v) is 14.1. The maximum atomic E-state index is 13.3. The molecule has 2 rings (SSSR count). The third-order valence-electron chi connectivity index (χ3n) is 3.80. The van der Waals surface area contributed by atoms with E-state index < -0.39 is 23.2 Å². The number of esters is 1. The lowest BCUT2D eigenvalue weighted by molar-refractivity contribution is -0.153. The van der Waals surface area contributed by atoms with Crippen molar-refractivity contribution >= 4 is 11.9 Å². The summed E-state index contributed by atoms with van der Waals surface area (Å²) in [5, 5.41) is 4.17. The average molecular weight is 333 g/mol. The number of rotatable bonds is 5. The van der Waals surface area contributed by atoms with Crippen molar-refractivity contribution < 1.29 is 18.7 Å². The molecule has 1 aromatic carbocycles. The van der Waals surface area contributed by atoms with Crippen molar-refractivity contribution in [3.8, 4) is 5.69 Å². The van der Waals surface area contributed by atoms with Crippen molar-refractivity contribution in [3.05, 3.63) is 48.0 Å². The number of nitrogens with zero attached hydrogens (tertiary/aromatic N) is 3. The first-order chi connectivity index (χ1) is 11.3. The smallest absolute Gasteiger partial charge is 0.331 e. The lowest BCUT2D eigenvalue weighted by Crippen LogP contribution is -2.51. The molecule has 2 aromatic rings. The second-order valence-corrected chi connectivity index (χ2v) is 5.77. The molecule has 0 saturated carbocycles. The second-order valence-electron chi connectivity index (χ2n) is 5.77. The molecule has 0 aliphatic carbocycles. The number of hydrogen-bond donors (Lipinski definition) is 0. The predicted octanol–water partition coefficient (Wildman–Crippen LogP) is 2.43. The van der Waals surface area contributed by atoms with Gasteiger partial charge in [-0.3, -0.25) is 4.79 Å². The standard InChI is InChI=1S/C17H20FN3O3/c1-5-24-16(23)17(2,3)20(4)15(22)14-9-10-21(19-14)13-8-6-7-12(18)11-13/h6-11H,5H2,1-4H3. The molecule has 0 fully saturated rings. The molecule has 0 aliphatic heterocycles. The van der Waals surface area contributed by atoms with E-state index in [-0.39, 0.29) is 12.3 Å². The van der Waals surface area contributed by atoms with Gasteiger partial charge in [0.25, 0.3) is 5.91 Å². The first-order valence-electron chi connectivity index (χ1n) is 7.54. The van der Waals surface area contributed by atoms with Crippen molar-refractivity contribution in [2.45, 2.75) is 26.3 Å². The van der Waals surface area contributed by atoms with Crippen LogP contribution in [0, 0.1) is 5.82 Å². The van der Waals surface area contributed by atoms with E-state index in [0.717, 1.165) is 0 Å². The fraction of sp³-hybridized carbons (Fsp3) is 0.353. The summed E-state index contributed by atoms with van der Waals surface area (Å²) in [6.45, 7) is 5.15. The average Bonchev–Trinajstić information content (AvgIpc) is 3.03. The van der Waals surface area contributed by atoms with Crippen molar-refractivity contribution in [2.75, 3.05) is 13.7 Å². The lowest BCUT2D eigenvalue weighted by Gasteiger charge is -2.32. The number of likely N-dealkylation sites (N-methyl/N-ethyl adjacent to an activating group) is 1.